The number of hydrogen-bond donors (Lipinski definition) is 0. The lowest BCUT2D eigenvalue weighted by molar-refractivity contribution is 0.219. The van der Waals surface area contributed by atoms with Crippen molar-refractivity contribution in [1.29, 1.82) is 0 Å². The van der Waals surface area contributed by atoms with Gasteiger partial charge in [-0.1, -0.05) is 49.2 Å². The van der Waals surface area contributed by atoms with Gasteiger partial charge >= 0.3 is 0 Å². The largest absolute Gasteiger partial charge is 0.244 e. The molecule has 1 aliphatic rings. The van der Waals surface area contributed by atoms with Gasteiger partial charge in [-0.25, -0.2) is 16.8 Å². The fourth-order valence-corrected chi connectivity index (χ4v) is 6.97. The molecular formula is C20H26N2O4S2. The van der Waals surface area contributed by atoms with E-state index in [-0.39, 0.29) is 28.8 Å². The van der Waals surface area contributed by atoms with Crippen LogP contribution in [0, 0.1) is 19.8 Å². The van der Waals surface area contributed by atoms with Crippen LogP contribution >= 0.6 is 0 Å². The molecule has 0 unspecified atom stereocenters. The maximum Gasteiger partial charge on any atom is 0.244 e. The standard InChI is InChI=1S/C20H26N2O4S2/c1-15(2)20-21(27(23,24)18-9-5-16(3)6-10-18)13-14-22(20)28(25,26)19-11-7-17(4)8-12-19/h5-12,15,20H,13-14H2,1-4H3. The van der Waals surface area contributed by atoms with Crippen molar-refractivity contribution in [3.8, 4) is 0 Å². The van der Waals surface area contributed by atoms with E-state index in [2.05, 4.69) is 0 Å². The van der Waals surface area contributed by atoms with Crippen molar-refractivity contribution in [2.24, 2.45) is 5.92 Å². The maximum absolute atomic E-state index is 13.2. The number of aryl methyl sites for hydroxylation is 2. The third kappa shape index (κ3) is 3.74. The second-order valence-corrected chi connectivity index (χ2v) is 11.3. The van der Waals surface area contributed by atoms with Gasteiger partial charge < -0.3 is 0 Å². The number of sulfonamides is 2. The molecule has 28 heavy (non-hydrogen) atoms. The second-order valence-electron chi connectivity index (χ2n) is 7.52. The predicted molar refractivity (Wildman–Crippen MR) is 109 cm³/mol. The lowest BCUT2D eigenvalue weighted by Gasteiger charge is -2.32. The molecule has 2 aromatic carbocycles. The minimum absolute atomic E-state index is 0.129. The average molecular weight is 423 g/mol. The zero-order valence-electron chi connectivity index (χ0n) is 16.5. The van der Waals surface area contributed by atoms with Crippen LogP contribution in [0.2, 0.25) is 0 Å². The van der Waals surface area contributed by atoms with Gasteiger partial charge in [0.2, 0.25) is 20.0 Å². The van der Waals surface area contributed by atoms with Crippen LogP contribution in [0.1, 0.15) is 25.0 Å². The van der Waals surface area contributed by atoms with Crippen molar-refractivity contribution in [3.63, 3.8) is 0 Å². The quantitative estimate of drug-likeness (QED) is 0.742. The first-order valence-corrected chi connectivity index (χ1v) is 12.1. The Morgan fingerprint density at radius 3 is 1.32 bits per heavy atom. The molecular weight excluding hydrogens is 396 g/mol. The molecule has 0 aromatic heterocycles. The van der Waals surface area contributed by atoms with Crippen LogP contribution < -0.4 is 0 Å². The summed E-state index contributed by atoms with van der Waals surface area (Å²) in [5.74, 6) is -0.206. The van der Waals surface area contributed by atoms with E-state index in [0.29, 0.717) is 0 Å². The van der Waals surface area contributed by atoms with Gasteiger partial charge in [0, 0.05) is 13.1 Å². The SMILES string of the molecule is Cc1ccc(S(=O)(=O)N2CCN(S(=O)(=O)c3ccc(C)cc3)C2C(C)C)cc1. The summed E-state index contributed by atoms with van der Waals surface area (Å²) in [5.41, 5.74) is 1.92. The summed E-state index contributed by atoms with van der Waals surface area (Å²) in [6.45, 7) is 7.71. The zero-order chi connectivity index (χ0) is 20.7. The third-order valence-corrected chi connectivity index (χ3v) is 8.75. The summed E-state index contributed by atoms with van der Waals surface area (Å²) < 4.78 is 55.5. The van der Waals surface area contributed by atoms with E-state index >= 15 is 0 Å². The van der Waals surface area contributed by atoms with E-state index in [9.17, 15) is 16.8 Å². The topological polar surface area (TPSA) is 74.8 Å². The molecule has 1 fully saturated rings. The minimum Gasteiger partial charge on any atom is -0.207 e. The van der Waals surface area contributed by atoms with Gasteiger partial charge in [0.15, 0.2) is 0 Å². The van der Waals surface area contributed by atoms with Gasteiger partial charge in [-0.3, -0.25) is 0 Å². The molecule has 1 aliphatic heterocycles. The lowest BCUT2D eigenvalue weighted by Crippen LogP contribution is -2.47. The molecule has 152 valence electrons. The average Bonchev–Trinajstić information content (AvgIpc) is 3.09. The fraction of sp³-hybridized carbons (Fsp3) is 0.400. The van der Waals surface area contributed by atoms with E-state index in [1.165, 1.54) is 8.61 Å². The molecule has 8 heteroatoms. The molecule has 2 aromatic rings. The van der Waals surface area contributed by atoms with Crippen molar-refractivity contribution in [2.75, 3.05) is 13.1 Å². The molecule has 1 heterocycles. The Balaban J connectivity index is 2.00. The maximum atomic E-state index is 13.2. The lowest BCUT2D eigenvalue weighted by atomic mass is 10.2. The molecule has 0 radical (unpaired) electrons. The van der Waals surface area contributed by atoms with Gasteiger partial charge in [-0.15, -0.1) is 0 Å². The van der Waals surface area contributed by atoms with E-state index in [0.717, 1.165) is 11.1 Å². The van der Waals surface area contributed by atoms with Gasteiger partial charge in [0.05, 0.1) is 16.0 Å². The normalized spacial score (nSPS) is 17.5. The van der Waals surface area contributed by atoms with E-state index < -0.39 is 26.2 Å². The van der Waals surface area contributed by atoms with Crippen molar-refractivity contribution in [1.82, 2.24) is 8.61 Å². The van der Waals surface area contributed by atoms with Crippen molar-refractivity contribution < 1.29 is 16.8 Å². The Labute approximate surface area is 167 Å². The minimum atomic E-state index is -3.80. The van der Waals surface area contributed by atoms with Crippen molar-refractivity contribution in [3.05, 3.63) is 59.7 Å². The Morgan fingerprint density at radius 1 is 0.714 bits per heavy atom. The van der Waals surface area contributed by atoms with Crippen LogP contribution in [0.3, 0.4) is 0 Å². The highest BCUT2D eigenvalue weighted by Crippen LogP contribution is 2.32. The first-order valence-electron chi connectivity index (χ1n) is 9.22. The van der Waals surface area contributed by atoms with Crippen LogP contribution in [0.25, 0.3) is 0 Å². The van der Waals surface area contributed by atoms with Gasteiger partial charge in [-0.2, -0.15) is 8.61 Å². The zero-order valence-corrected chi connectivity index (χ0v) is 18.2. The van der Waals surface area contributed by atoms with Crippen LogP contribution in [-0.4, -0.2) is 44.7 Å². The highest BCUT2D eigenvalue weighted by Gasteiger charge is 2.46. The van der Waals surface area contributed by atoms with E-state index in [1.54, 1.807) is 48.5 Å². The first-order chi connectivity index (χ1) is 13.0. The van der Waals surface area contributed by atoms with Crippen molar-refractivity contribution >= 4 is 20.0 Å². The molecule has 0 spiro atoms. The molecule has 0 aliphatic carbocycles. The monoisotopic (exact) mass is 422 g/mol. The molecule has 0 N–H and O–H groups in total. The Hall–Kier alpha value is -1.74. The highest BCUT2D eigenvalue weighted by molar-refractivity contribution is 7.90. The number of rotatable bonds is 5. The molecule has 0 amide bonds. The summed E-state index contributed by atoms with van der Waals surface area (Å²) in [7, 11) is -7.61. The summed E-state index contributed by atoms with van der Waals surface area (Å²) in [6.07, 6.45) is -0.766. The summed E-state index contributed by atoms with van der Waals surface area (Å²) >= 11 is 0. The second kappa shape index (κ2) is 7.59. The number of hydrogen-bond acceptors (Lipinski definition) is 4. The molecule has 3 rings (SSSR count). The summed E-state index contributed by atoms with van der Waals surface area (Å²) in [5, 5.41) is 0. The summed E-state index contributed by atoms with van der Waals surface area (Å²) in [4.78, 5) is 0.358. The van der Waals surface area contributed by atoms with E-state index in [4.69, 9.17) is 0 Å². The fourth-order valence-electron chi connectivity index (χ4n) is 3.49. The number of nitrogens with zero attached hydrogens (tertiary/aromatic N) is 2. The van der Waals surface area contributed by atoms with Crippen LogP contribution in [0.4, 0.5) is 0 Å². The smallest absolute Gasteiger partial charge is 0.207 e. The molecule has 1 saturated heterocycles. The molecule has 6 nitrogen and oxygen atoms in total. The molecule has 0 bridgehead atoms. The Morgan fingerprint density at radius 2 is 1.04 bits per heavy atom. The van der Waals surface area contributed by atoms with Gasteiger partial charge in [0.1, 0.15) is 0 Å². The Bertz CT molecular complexity index is 961. The van der Waals surface area contributed by atoms with Gasteiger partial charge in [-0.05, 0) is 44.0 Å². The third-order valence-electron chi connectivity index (χ3n) is 4.98. The molecule has 0 atom stereocenters. The highest BCUT2D eigenvalue weighted by atomic mass is 32.2. The Kier molecular flexibility index (Phi) is 5.69. The van der Waals surface area contributed by atoms with Crippen molar-refractivity contribution in [2.45, 2.75) is 43.7 Å². The van der Waals surface area contributed by atoms with Crippen LogP contribution in [0.5, 0.6) is 0 Å². The molecule has 0 saturated carbocycles. The van der Waals surface area contributed by atoms with Crippen LogP contribution in [0.15, 0.2) is 58.3 Å². The van der Waals surface area contributed by atoms with Crippen LogP contribution in [-0.2, 0) is 20.0 Å². The van der Waals surface area contributed by atoms with E-state index in [1.807, 2.05) is 27.7 Å². The first kappa shape index (κ1) is 21.0. The summed E-state index contributed by atoms with van der Waals surface area (Å²) in [6, 6.07) is 13.3. The predicted octanol–water partition coefficient (Wildman–Crippen LogP) is 2.98. The number of benzene rings is 2. The van der Waals surface area contributed by atoms with Gasteiger partial charge in [0.25, 0.3) is 0 Å².